The van der Waals surface area contributed by atoms with Gasteiger partial charge in [-0.3, -0.25) is 4.79 Å². The van der Waals surface area contributed by atoms with Gasteiger partial charge in [-0.05, 0) is 44.6 Å². The van der Waals surface area contributed by atoms with E-state index in [1.807, 2.05) is 24.3 Å². The van der Waals surface area contributed by atoms with Crippen molar-refractivity contribution in [1.29, 1.82) is 0 Å². The number of nitrogens with zero attached hydrogens (tertiary/aromatic N) is 2. The van der Waals surface area contributed by atoms with Crippen molar-refractivity contribution in [3.8, 4) is 0 Å². The van der Waals surface area contributed by atoms with E-state index < -0.39 is 0 Å². The number of piperazine rings is 1. The molecule has 0 radical (unpaired) electrons. The van der Waals surface area contributed by atoms with Crippen molar-refractivity contribution in [3.63, 3.8) is 0 Å². The lowest BCUT2D eigenvalue weighted by Gasteiger charge is -2.32. The van der Waals surface area contributed by atoms with Crippen molar-refractivity contribution < 1.29 is 4.79 Å². The molecule has 1 aliphatic heterocycles. The van der Waals surface area contributed by atoms with Gasteiger partial charge in [0.15, 0.2) is 0 Å². The molecule has 1 fully saturated rings. The summed E-state index contributed by atoms with van der Waals surface area (Å²) in [6.07, 6.45) is 2.18. The molecule has 0 atom stereocenters. The molecule has 2 rings (SSSR count). The summed E-state index contributed by atoms with van der Waals surface area (Å²) in [6, 6.07) is 7.49. The molecule has 0 unspecified atom stereocenters. The molecular weight excluding hydrogens is 330 g/mol. The molecule has 1 N–H and O–H groups in total. The van der Waals surface area contributed by atoms with E-state index in [1.54, 1.807) is 0 Å². The lowest BCUT2D eigenvalue weighted by Crippen LogP contribution is -2.44. The molecule has 0 saturated carbocycles. The fourth-order valence-electron chi connectivity index (χ4n) is 2.47. The first-order valence-corrected chi connectivity index (χ1v) is 8.39. The molecule has 1 saturated heterocycles. The summed E-state index contributed by atoms with van der Waals surface area (Å²) < 4.78 is 0.935. The molecule has 0 bridgehead atoms. The third-order valence-electron chi connectivity index (χ3n) is 3.87. The number of nitrogens with one attached hydrogen (secondary N) is 1. The normalized spacial score (nSPS) is 16.9. The van der Waals surface area contributed by atoms with Crippen LogP contribution in [0.3, 0.4) is 0 Å². The molecule has 5 heteroatoms. The highest BCUT2D eigenvalue weighted by Crippen LogP contribution is 2.11. The highest BCUT2D eigenvalue weighted by atomic mass is 79.9. The molecule has 1 amide bonds. The van der Waals surface area contributed by atoms with E-state index in [2.05, 4.69) is 38.1 Å². The minimum absolute atomic E-state index is 0.0101. The molecule has 4 nitrogen and oxygen atoms in total. The van der Waals surface area contributed by atoms with Gasteiger partial charge in [-0.25, -0.2) is 0 Å². The van der Waals surface area contributed by atoms with Gasteiger partial charge in [-0.15, -0.1) is 0 Å². The maximum Gasteiger partial charge on any atom is 0.251 e. The van der Waals surface area contributed by atoms with Crippen molar-refractivity contribution >= 4 is 21.8 Å². The average Bonchev–Trinajstić information content (AvgIpc) is 2.48. The van der Waals surface area contributed by atoms with Crippen molar-refractivity contribution in [1.82, 2.24) is 15.1 Å². The van der Waals surface area contributed by atoms with Gasteiger partial charge < -0.3 is 15.1 Å². The third-order valence-corrected chi connectivity index (χ3v) is 4.36. The monoisotopic (exact) mass is 353 g/mol. The van der Waals surface area contributed by atoms with Crippen LogP contribution < -0.4 is 5.32 Å². The Morgan fingerprint density at radius 1 is 1.24 bits per heavy atom. The highest BCUT2D eigenvalue weighted by Gasteiger charge is 2.12. The first-order valence-electron chi connectivity index (χ1n) is 7.60. The second-order valence-electron chi connectivity index (χ2n) is 5.62. The van der Waals surface area contributed by atoms with Gasteiger partial charge in [-0.1, -0.05) is 22.0 Å². The summed E-state index contributed by atoms with van der Waals surface area (Å²) >= 11 is 3.38. The summed E-state index contributed by atoms with van der Waals surface area (Å²) in [4.78, 5) is 16.8. The van der Waals surface area contributed by atoms with Crippen LogP contribution in [0.15, 0.2) is 28.7 Å². The molecule has 0 spiro atoms. The Balaban J connectivity index is 1.58. The number of hydrogen-bond acceptors (Lipinski definition) is 3. The zero-order valence-electron chi connectivity index (χ0n) is 12.6. The van der Waals surface area contributed by atoms with Crippen LogP contribution in [0.1, 0.15) is 23.2 Å². The summed E-state index contributed by atoms with van der Waals surface area (Å²) in [5, 5.41) is 2.98. The fraction of sp³-hybridized carbons (Fsp3) is 0.562. The van der Waals surface area contributed by atoms with Crippen molar-refractivity contribution in [2.75, 3.05) is 46.3 Å². The maximum atomic E-state index is 11.9. The standard InChI is InChI=1S/C16H24BrN3O/c1-19-9-11-20(12-10-19)8-3-2-7-18-16(21)14-5-4-6-15(17)13-14/h4-6,13H,2-3,7-12H2,1H3,(H,18,21). The quantitative estimate of drug-likeness (QED) is 0.796. The second kappa shape index (κ2) is 8.51. The van der Waals surface area contributed by atoms with Crippen LogP contribution in [0.4, 0.5) is 0 Å². The van der Waals surface area contributed by atoms with Crippen LogP contribution in [-0.2, 0) is 0 Å². The Kier molecular flexibility index (Phi) is 6.67. The zero-order chi connectivity index (χ0) is 15.1. The van der Waals surface area contributed by atoms with E-state index >= 15 is 0 Å². The fourth-order valence-corrected chi connectivity index (χ4v) is 2.86. The van der Waals surface area contributed by atoms with Gasteiger partial charge in [0, 0.05) is 42.8 Å². The molecule has 1 heterocycles. The van der Waals surface area contributed by atoms with E-state index in [0.717, 1.165) is 30.4 Å². The van der Waals surface area contributed by atoms with Crippen molar-refractivity contribution in [2.45, 2.75) is 12.8 Å². The summed E-state index contributed by atoms with van der Waals surface area (Å²) in [5.41, 5.74) is 0.712. The molecule has 21 heavy (non-hydrogen) atoms. The smallest absolute Gasteiger partial charge is 0.251 e. The van der Waals surface area contributed by atoms with Crippen LogP contribution in [0.25, 0.3) is 0 Å². The van der Waals surface area contributed by atoms with Gasteiger partial charge in [0.25, 0.3) is 5.91 Å². The lowest BCUT2D eigenvalue weighted by molar-refractivity contribution is 0.0952. The summed E-state index contributed by atoms with van der Waals surface area (Å²) in [6.45, 7) is 6.56. The number of amides is 1. The van der Waals surface area contributed by atoms with E-state index in [0.29, 0.717) is 5.56 Å². The van der Waals surface area contributed by atoms with Crippen molar-refractivity contribution in [2.24, 2.45) is 0 Å². The molecular formula is C16H24BrN3O. The van der Waals surface area contributed by atoms with Crippen molar-refractivity contribution in [3.05, 3.63) is 34.3 Å². The van der Waals surface area contributed by atoms with E-state index in [1.165, 1.54) is 26.2 Å². The number of halogens is 1. The van der Waals surface area contributed by atoms with Gasteiger partial charge >= 0.3 is 0 Å². The van der Waals surface area contributed by atoms with Crippen LogP contribution in [0, 0.1) is 0 Å². The Labute approximate surface area is 135 Å². The van der Waals surface area contributed by atoms with Gasteiger partial charge in [0.05, 0.1) is 0 Å². The van der Waals surface area contributed by atoms with Gasteiger partial charge in [-0.2, -0.15) is 0 Å². The molecule has 0 aliphatic carbocycles. The topological polar surface area (TPSA) is 35.6 Å². The lowest BCUT2D eigenvalue weighted by atomic mass is 10.2. The number of rotatable bonds is 6. The Morgan fingerprint density at radius 3 is 2.71 bits per heavy atom. The minimum atomic E-state index is 0.0101. The Bertz CT molecular complexity index is 459. The highest BCUT2D eigenvalue weighted by molar-refractivity contribution is 9.10. The number of unbranched alkanes of at least 4 members (excludes halogenated alkanes) is 1. The van der Waals surface area contributed by atoms with E-state index in [9.17, 15) is 4.79 Å². The number of hydrogen-bond donors (Lipinski definition) is 1. The zero-order valence-corrected chi connectivity index (χ0v) is 14.2. The van der Waals surface area contributed by atoms with Crippen LogP contribution >= 0.6 is 15.9 Å². The predicted molar refractivity (Wildman–Crippen MR) is 89.6 cm³/mol. The minimum Gasteiger partial charge on any atom is -0.352 e. The summed E-state index contributed by atoms with van der Waals surface area (Å²) in [7, 11) is 2.18. The summed E-state index contributed by atoms with van der Waals surface area (Å²) in [5.74, 6) is 0.0101. The van der Waals surface area contributed by atoms with Crippen LogP contribution in [-0.4, -0.2) is 62.0 Å². The SMILES string of the molecule is CN1CCN(CCCCNC(=O)c2cccc(Br)c2)CC1. The van der Waals surface area contributed by atoms with E-state index in [-0.39, 0.29) is 5.91 Å². The molecule has 0 aromatic heterocycles. The first-order chi connectivity index (χ1) is 10.1. The van der Waals surface area contributed by atoms with Crippen LogP contribution in [0.2, 0.25) is 0 Å². The number of likely N-dealkylation sites (N-methyl/N-ethyl adjacent to an activating group) is 1. The largest absolute Gasteiger partial charge is 0.352 e. The molecule has 116 valence electrons. The molecule has 1 aromatic carbocycles. The Hall–Kier alpha value is -0.910. The van der Waals surface area contributed by atoms with E-state index in [4.69, 9.17) is 0 Å². The second-order valence-corrected chi connectivity index (χ2v) is 6.53. The number of carbonyl (C=O) groups is 1. The van der Waals surface area contributed by atoms with Gasteiger partial charge in [0.2, 0.25) is 0 Å². The van der Waals surface area contributed by atoms with Crippen LogP contribution in [0.5, 0.6) is 0 Å². The van der Waals surface area contributed by atoms with Gasteiger partial charge in [0.1, 0.15) is 0 Å². The maximum absolute atomic E-state index is 11.9. The first kappa shape index (κ1) is 16.5. The molecule has 1 aromatic rings. The molecule has 1 aliphatic rings. The predicted octanol–water partition coefficient (Wildman–Crippen LogP) is 2.21. The number of carbonyl (C=O) groups excluding carboxylic acids is 1. The average molecular weight is 354 g/mol. The third kappa shape index (κ3) is 5.77. The number of benzene rings is 1. The Morgan fingerprint density at radius 2 is 2.00 bits per heavy atom.